The van der Waals surface area contributed by atoms with Crippen molar-refractivity contribution in [3.05, 3.63) is 63.2 Å². The molecule has 1 aromatic heterocycles. The van der Waals surface area contributed by atoms with Crippen LogP contribution in [0.4, 0.5) is 16.5 Å². The highest BCUT2D eigenvalue weighted by Gasteiger charge is 2.31. The summed E-state index contributed by atoms with van der Waals surface area (Å²) in [6, 6.07) is 9.52. The summed E-state index contributed by atoms with van der Waals surface area (Å²) in [6.07, 6.45) is 0.929. The number of nitrogens with zero attached hydrogens (tertiary/aromatic N) is 4. The van der Waals surface area contributed by atoms with E-state index in [0.717, 1.165) is 33.5 Å². The molecule has 0 aliphatic rings. The van der Waals surface area contributed by atoms with Gasteiger partial charge in [0.15, 0.2) is 0 Å². The van der Waals surface area contributed by atoms with Crippen LogP contribution in [0.25, 0.3) is 10.6 Å². The fraction of sp³-hybridized carbons (Fsp3) is 0.211. The first-order valence-electron chi connectivity index (χ1n) is 9.12. The summed E-state index contributed by atoms with van der Waals surface area (Å²) in [5.74, 6) is -0.667. The van der Waals surface area contributed by atoms with Crippen molar-refractivity contribution < 1.29 is 18.1 Å². The zero-order valence-electron chi connectivity index (χ0n) is 17.1. The van der Waals surface area contributed by atoms with E-state index in [-0.39, 0.29) is 16.5 Å². The monoisotopic (exact) mass is 495 g/mol. The second-order valence-electron chi connectivity index (χ2n) is 6.87. The first-order valence-corrected chi connectivity index (χ1v) is 12.2. The number of nitro benzene ring substituents is 1. The molecule has 0 aliphatic heterocycles. The number of rotatable bonds is 7. The van der Waals surface area contributed by atoms with Gasteiger partial charge < -0.3 is 0 Å². The fourth-order valence-corrected chi connectivity index (χ4v) is 5.02. The normalized spacial score (nSPS) is 12.2. The Morgan fingerprint density at radius 3 is 2.47 bits per heavy atom. The average molecular weight is 496 g/mol. The number of halogens is 1. The van der Waals surface area contributed by atoms with Gasteiger partial charge in [-0.25, -0.2) is 8.42 Å². The molecular formula is C19H18ClN5O5S2. The second-order valence-corrected chi connectivity index (χ2v) is 10.1. The molecule has 13 heteroatoms. The van der Waals surface area contributed by atoms with Crippen LogP contribution in [0, 0.1) is 17.0 Å². The standard InChI is InChI=1S/C19H18ClN5O5S2/c1-11-4-9-15(25(27)28)10-16(11)24(32(3,29)30)12(2)17(26)21-19-23-22-18(31-19)13-5-7-14(20)8-6-13/h4-10,12H,1-3H3,(H,21,23,26)/t12-/m0/s1. The molecule has 0 unspecified atom stereocenters. The molecule has 0 aliphatic carbocycles. The predicted molar refractivity (Wildman–Crippen MR) is 124 cm³/mol. The van der Waals surface area contributed by atoms with Gasteiger partial charge in [0.05, 0.1) is 16.9 Å². The quantitative estimate of drug-likeness (QED) is 0.388. The number of anilines is 2. The maximum Gasteiger partial charge on any atom is 0.271 e. The van der Waals surface area contributed by atoms with Gasteiger partial charge in [-0.2, -0.15) is 0 Å². The van der Waals surface area contributed by atoms with Gasteiger partial charge in [-0.05, 0) is 31.5 Å². The highest BCUT2D eigenvalue weighted by molar-refractivity contribution is 7.92. The number of aryl methyl sites for hydroxylation is 1. The molecular weight excluding hydrogens is 478 g/mol. The molecule has 2 aromatic carbocycles. The van der Waals surface area contributed by atoms with Gasteiger partial charge in [-0.15, -0.1) is 10.2 Å². The molecule has 1 heterocycles. The van der Waals surface area contributed by atoms with Gasteiger partial charge in [0.1, 0.15) is 11.0 Å². The van der Waals surface area contributed by atoms with E-state index in [0.29, 0.717) is 15.6 Å². The Labute approximate surface area is 193 Å². The SMILES string of the molecule is Cc1ccc([N+](=O)[O-])cc1N([C@@H](C)C(=O)Nc1nnc(-c2ccc(Cl)cc2)s1)S(C)(=O)=O. The lowest BCUT2D eigenvalue weighted by atomic mass is 10.1. The van der Waals surface area contributed by atoms with Crippen LogP contribution in [0.3, 0.4) is 0 Å². The van der Waals surface area contributed by atoms with Crippen molar-refractivity contribution in [2.45, 2.75) is 19.9 Å². The summed E-state index contributed by atoms with van der Waals surface area (Å²) in [5, 5.41) is 23.0. The van der Waals surface area contributed by atoms with Crippen LogP contribution >= 0.6 is 22.9 Å². The van der Waals surface area contributed by atoms with Crippen LogP contribution in [0.15, 0.2) is 42.5 Å². The lowest BCUT2D eigenvalue weighted by Crippen LogP contribution is -2.45. The lowest BCUT2D eigenvalue weighted by molar-refractivity contribution is -0.384. The molecule has 1 atom stereocenters. The Morgan fingerprint density at radius 2 is 1.88 bits per heavy atom. The number of amides is 1. The summed E-state index contributed by atoms with van der Waals surface area (Å²) in [7, 11) is -3.96. The molecule has 1 N–H and O–H groups in total. The summed E-state index contributed by atoms with van der Waals surface area (Å²) < 4.78 is 25.9. The molecule has 0 fully saturated rings. The maximum atomic E-state index is 12.9. The Hall–Kier alpha value is -3.09. The zero-order valence-corrected chi connectivity index (χ0v) is 19.5. The van der Waals surface area contributed by atoms with Crippen LogP contribution in [0.2, 0.25) is 5.02 Å². The number of carbonyl (C=O) groups is 1. The Balaban J connectivity index is 1.88. The van der Waals surface area contributed by atoms with E-state index >= 15 is 0 Å². The highest BCUT2D eigenvalue weighted by Crippen LogP contribution is 2.31. The first kappa shape index (κ1) is 23.6. The van der Waals surface area contributed by atoms with Gasteiger partial charge in [0.2, 0.25) is 21.1 Å². The maximum absolute atomic E-state index is 12.9. The molecule has 0 spiro atoms. The Morgan fingerprint density at radius 1 is 1.22 bits per heavy atom. The number of hydrogen-bond donors (Lipinski definition) is 1. The molecule has 168 valence electrons. The summed E-state index contributed by atoms with van der Waals surface area (Å²) in [5.41, 5.74) is 0.971. The number of nitrogens with one attached hydrogen (secondary N) is 1. The first-order chi connectivity index (χ1) is 15.0. The van der Waals surface area contributed by atoms with Crippen molar-refractivity contribution in [1.82, 2.24) is 10.2 Å². The molecule has 0 bridgehead atoms. The third-order valence-corrected chi connectivity index (χ3v) is 6.84. The van der Waals surface area contributed by atoms with Crippen molar-refractivity contribution in [2.75, 3.05) is 15.9 Å². The molecule has 0 saturated carbocycles. The molecule has 3 aromatic rings. The molecule has 1 amide bonds. The highest BCUT2D eigenvalue weighted by atomic mass is 35.5. The van der Waals surface area contributed by atoms with Crippen LogP contribution in [-0.2, 0) is 14.8 Å². The van der Waals surface area contributed by atoms with Crippen molar-refractivity contribution >= 4 is 55.4 Å². The van der Waals surface area contributed by atoms with E-state index in [1.54, 1.807) is 31.2 Å². The molecule has 32 heavy (non-hydrogen) atoms. The molecule has 10 nitrogen and oxygen atoms in total. The van der Waals surface area contributed by atoms with Crippen molar-refractivity contribution in [3.63, 3.8) is 0 Å². The zero-order chi connectivity index (χ0) is 23.6. The summed E-state index contributed by atoms with van der Waals surface area (Å²) in [6.45, 7) is 2.99. The summed E-state index contributed by atoms with van der Waals surface area (Å²) in [4.78, 5) is 23.4. The topological polar surface area (TPSA) is 135 Å². The van der Waals surface area contributed by atoms with Crippen LogP contribution in [-0.4, -0.2) is 41.7 Å². The van der Waals surface area contributed by atoms with E-state index in [2.05, 4.69) is 15.5 Å². The van der Waals surface area contributed by atoms with Crippen LogP contribution in [0.5, 0.6) is 0 Å². The van der Waals surface area contributed by atoms with Gasteiger partial charge >= 0.3 is 0 Å². The van der Waals surface area contributed by atoms with Gasteiger partial charge in [-0.3, -0.25) is 24.5 Å². The van der Waals surface area contributed by atoms with Crippen LogP contribution in [0.1, 0.15) is 12.5 Å². The number of sulfonamides is 1. The van der Waals surface area contributed by atoms with Crippen molar-refractivity contribution in [2.24, 2.45) is 0 Å². The number of benzene rings is 2. The van der Waals surface area contributed by atoms with E-state index in [4.69, 9.17) is 11.6 Å². The number of nitro groups is 1. The third kappa shape index (κ3) is 5.21. The average Bonchev–Trinajstić information content (AvgIpc) is 3.17. The summed E-state index contributed by atoms with van der Waals surface area (Å²) >= 11 is 6.99. The Kier molecular flexibility index (Phi) is 6.77. The van der Waals surface area contributed by atoms with Crippen LogP contribution < -0.4 is 9.62 Å². The Bertz CT molecular complexity index is 1280. The minimum atomic E-state index is -3.96. The largest absolute Gasteiger partial charge is 0.299 e. The van der Waals surface area contributed by atoms with Gasteiger partial charge in [0, 0.05) is 22.7 Å². The van der Waals surface area contributed by atoms with E-state index in [9.17, 15) is 23.3 Å². The molecule has 3 rings (SSSR count). The number of carbonyl (C=O) groups excluding carboxylic acids is 1. The smallest absolute Gasteiger partial charge is 0.271 e. The second kappa shape index (κ2) is 9.18. The van der Waals surface area contributed by atoms with Gasteiger partial charge in [0.25, 0.3) is 5.69 Å². The van der Waals surface area contributed by atoms with Crippen molar-refractivity contribution in [1.29, 1.82) is 0 Å². The minimum Gasteiger partial charge on any atom is -0.299 e. The third-order valence-electron chi connectivity index (χ3n) is 4.48. The van der Waals surface area contributed by atoms with E-state index in [1.807, 2.05) is 0 Å². The van der Waals surface area contributed by atoms with Crippen molar-refractivity contribution in [3.8, 4) is 10.6 Å². The molecule has 0 radical (unpaired) electrons. The van der Waals surface area contributed by atoms with Gasteiger partial charge in [-0.1, -0.05) is 41.1 Å². The number of aromatic nitrogens is 2. The number of hydrogen-bond acceptors (Lipinski definition) is 8. The lowest BCUT2D eigenvalue weighted by Gasteiger charge is -2.29. The molecule has 0 saturated heterocycles. The number of non-ortho nitro benzene ring substituents is 1. The van der Waals surface area contributed by atoms with E-state index in [1.165, 1.54) is 19.1 Å². The van der Waals surface area contributed by atoms with E-state index < -0.39 is 26.9 Å². The minimum absolute atomic E-state index is 0.0449. The predicted octanol–water partition coefficient (Wildman–Crippen LogP) is 3.87. The fourth-order valence-electron chi connectivity index (χ4n) is 2.92.